The molecule has 0 bridgehead atoms. The van der Waals surface area contributed by atoms with Gasteiger partial charge in [-0.25, -0.2) is 9.78 Å². The Hall–Kier alpha value is -2.16. The summed E-state index contributed by atoms with van der Waals surface area (Å²) in [6.45, 7) is 0.120. The lowest BCUT2D eigenvalue weighted by molar-refractivity contribution is -0.125. The molecule has 1 amide bonds. The maximum Gasteiger partial charge on any atom is 0.339 e. The lowest BCUT2D eigenvalue weighted by atomic mass is 10.2. The Morgan fingerprint density at radius 1 is 1.19 bits per heavy atom. The highest BCUT2D eigenvalue weighted by atomic mass is 32.2. The number of aromatic nitrogens is 1. The van der Waals surface area contributed by atoms with E-state index in [1.807, 2.05) is 34.3 Å². The molecule has 1 aromatic carbocycles. The second-order valence-corrected chi connectivity index (χ2v) is 8.46. The standard InChI is InChI=1S/C19H18N2O3S3/c1-21(2)17(22)12-26-16-6-4-3-5-15(16)19(23)24-9-14-11-27-18(20-14)13-7-8-25-10-13/h3-8,10-11H,9,12H2,1-2H3. The normalized spacial score (nSPS) is 10.6. The van der Waals surface area contributed by atoms with Gasteiger partial charge in [0.25, 0.3) is 0 Å². The summed E-state index contributed by atoms with van der Waals surface area (Å²) in [5.41, 5.74) is 2.26. The van der Waals surface area contributed by atoms with Gasteiger partial charge in [-0.3, -0.25) is 4.79 Å². The van der Waals surface area contributed by atoms with Crippen molar-refractivity contribution in [1.82, 2.24) is 9.88 Å². The fraction of sp³-hybridized carbons (Fsp3) is 0.211. The summed E-state index contributed by atoms with van der Waals surface area (Å²) in [5, 5.41) is 6.86. The molecule has 0 saturated heterocycles. The predicted octanol–water partition coefficient (Wildman–Crippen LogP) is 4.41. The van der Waals surface area contributed by atoms with Crippen molar-refractivity contribution in [3.05, 3.63) is 57.7 Å². The molecule has 0 fully saturated rings. The molecule has 0 spiro atoms. The van der Waals surface area contributed by atoms with Gasteiger partial charge in [0.15, 0.2) is 0 Å². The third-order valence-corrected chi connectivity index (χ3v) is 6.31. The molecule has 2 heterocycles. The number of carbonyl (C=O) groups is 2. The molecule has 0 radical (unpaired) electrons. The van der Waals surface area contributed by atoms with Gasteiger partial charge in [-0.05, 0) is 23.6 Å². The van der Waals surface area contributed by atoms with Crippen LogP contribution >= 0.6 is 34.4 Å². The van der Waals surface area contributed by atoms with Crippen molar-refractivity contribution in [3.8, 4) is 10.6 Å². The number of nitrogens with zero attached hydrogens (tertiary/aromatic N) is 2. The van der Waals surface area contributed by atoms with E-state index in [-0.39, 0.29) is 18.3 Å². The van der Waals surface area contributed by atoms with Crippen LogP contribution in [0.5, 0.6) is 0 Å². The van der Waals surface area contributed by atoms with Crippen molar-refractivity contribution in [2.75, 3.05) is 19.8 Å². The fourth-order valence-corrected chi connectivity index (χ4v) is 4.67. The van der Waals surface area contributed by atoms with E-state index in [2.05, 4.69) is 4.98 Å². The van der Waals surface area contributed by atoms with Crippen molar-refractivity contribution in [3.63, 3.8) is 0 Å². The number of thiazole rings is 1. The van der Waals surface area contributed by atoms with Crippen LogP contribution in [0.15, 0.2) is 51.4 Å². The zero-order chi connectivity index (χ0) is 19.2. The minimum atomic E-state index is -0.416. The minimum absolute atomic E-state index is 0.00777. The van der Waals surface area contributed by atoms with Crippen LogP contribution in [0, 0.1) is 0 Å². The quantitative estimate of drug-likeness (QED) is 0.420. The number of carbonyl (C=O) groups excluding carboxylic acids is 2. The summed E-state index contributed by atoms with van der Waals surface area (Å²) < 4.78 is 5.44. The maximum absolute atomic E-state index is 12.5. The second kappa shape index (κ2) is 9.16. The number of thiophene rings is 1. The number of thioether (sulfide) groups is 1. The Kier molecular flexibility index (Phi) is 6.65. The monoisotopic (exact) mass is 418 g/mol. The van der Waals surface area contributed by atoms with Crippen molar-refractivity contribution in [1.29, 1.82) is 0 Å². The summed E-state index contributed by atoms with van der Waals surface area (Å²) in [6.07, 6.45) is 0. The highest BCUT2D eigenvalue weighted by Crippen LogP contribution is 2.27. The maximum atomic E-state index is 12.5. The van der Waals surface area contributed by atoms with Crippen LogP contribution in [-0.2, 0) is 16.1 Å². The smallest absolute Gasteiger partial charge is 0.339 e. The number of ether oxygens (including phenoxy) is 1. The van der Waals surface area contributed by atoms with Crippen LogP contribution in [0.1, 0.15) is 16.1 Å². The van der Waals surface area contributed by atoms with Gasteiger partial charge in [-0.1, -0.05) is 12.1 Å². The Morgan fingerprint density at radius 3 is 2.74 bits per heavy atom. The van der Waals surface area contributed by atoms with Gasteiger partial charge in [0, 0.05) is 35.3 Å². The van der Waals surface area contributed by atoms with E-state index in [4.69, 9.17) is 4.74 Å². The number of amides is 1. The van der Waals surface area contributed by atoms with E-state index in [0.29, 0.717) is 5.56 Å². The Labute approximate surface area is 170 Å². The van der Waals surface area contributed by atoms with E-state index in [9.17, 15) is 9.59 Å². The summed E-state index contributed by atoms with van der Waals surface area (Å²) in [7, 11) is 3.42. The van der Waals surface area contributed by atoms with Crippen LogP contribution in [0.4, 0.5) is 0 Å². The number of esters is 1. The molecule has 3 aromatic rings. The first-order chi connectivity index (χ1) is 13.0. The van der Waals surface area contributed by atoms with Gasteiger partial charge in [0.05, 0.1) is 17.0 Å². The SMILES string of the molecule is CN(C)C(=O)CSc1ccccc1C(=O)OCc1csc(-c2ccsc2)n1. The first kappa shape index (κ1) is 19.6. The molecule has 8 heteroatoms. The van der Waals surface area contributed by atoms with Gasteiger partial charge >= 0.3 is 5.97 Å². The van der Waals surface area contributed by atoms with E-state index in [0.717, 1.165) is 21.2 Å². The number of benzene rings is 1. The third kappa shape index (κ3) is 5.18. The lowest BCUT2D eigenvalue weighted by Gasteiger charge is -2.11. The zero-order valence-corrected chi connectivity index (χ0v) is 17.3. The van der Waals surface area contributed by atoms with Crippen LogP contribution in [-0.4, -0.2) is 41.6 Å². The summed E-state index contributed by atoms with van der Waals surface area (Å²) in [5.74, 6) is -0.153. The molecule has 0 saturated carbocycles. The molecule has 27 heavy (non-hydrogen) atoms. The van der Waals surface area contributed by atoms with Gasteiger partial charge in [0.1, 0.15) is 11.6 Å². The molecule has 140 valence electrons. The van der Waals surface area contributed by atoms with Gasteiger partial charge in [-0.15, -0.1) is 23.1 Å². The van der Waals surface area contributed by atoms with Crippen molar-refractivity contribution >= 4 is 46.3 Å². The van der Waals surface area contributed by atoms with Gasteiger partial charge in [-0.2, -0.15) is 11.3 Å². The Morgan fingerprint density at radius 2 is 2.00 bits per heavy atom. The van der Waals surface area contributed by atoms with Crippen molar-refractivity contribution in [2.45, 2.75) is 11.5 Å². The molecule has 0 N–H and O–H groups in total. The Balaban J connectivity index is 1.62. The first-order valence-electron chi connectivity index (χ1n) is 8.10. The van der Waals surface area contributed by atoms with Crippen molar-refractivity contribution in [2.24, 2.45) is 0 Å². The van der Waals surface area contributed by atoms with Gasteiger partial charge < -0.3 is 9.64 Å². The lowest BCUT2D eigenvalue weighted by Crippen LogP contribution is -2.23. The molecular weight excluding hydrogens is 400 g/mol. The van der Waals surface area contributed by atoms with Crippen LogP contribution < -0.4 is 0 Å². The van der Waals surface area contributed by atoms with E-state index in [1.54, 1.807) is 37.6 Å². The van der Waals surface area contributed by atoms with Crippen molar-refractivity contribution < 1.29 is 14.3 Å². The topological polar surface area (TPSA) is 59.5 Å². The van der Waals surface area contributed by atoms with E-state index >= 15 is 0 Å². The molecular formula is C19H18N2O3S3. The average molecular weight is 419 g/mol. The molecule has 0 aliphatic carbocycles. The number of hydrogen-bond donors (Lipinski definition) is 0. The van der Waals surface area contributed by atoms with Gasteiger partial charge in [0.2, 0.25) is 5.91 Å². The molecule has 0 atom stereocenters. The molecule has 3 rings (SSSR count). The molecule has 5 nitrogen and oxygen atoms in total. The summed E-state index contributed by atoms with van der Waals surface area (Å²) in [4.78, 5) is 31.1. The number of hydrogen-bond acceptors (Lipinski definition) is 7. The highest BCUT2D eigenvalue weighted by molar-refractivity contribution is 8.00. The zero-order valence-electron chi connectivity index (χ0n) is 14.9. The van der Waals surface area contributed by atoms with Crippen LogP contribution in [0.25, 0.3) is 10.6 Å². The second-order valence-electron chi connectivity index (χ2n) is 5.81. The minimum Gasteiger partial charge on any atom is -0.456 e. The molecule has 0 aliphatic rings. The molecule has 0 unspecified atom stereocenters. The van der Waals surface area contributed by atoms with Crippen LogP contribution in [0.3, 0.4) is 0 Å². The van der Waals surface area contributed by atoms with Crippen LogP contribution in [0.2, 0.25) is 0 Å². The first-order valence-corrected chi connectivity index (χ1v) is 10.9. The molecule has 2 aromatic heterocycles. The van der Waals surface area contributed by atoms with E-state index < -0.39 is 5.97 Å². The highest BCUT2D eigenvalue weighted by Gasteiger charge is 2.15. The Bertz CT molecular complexity index is 920. The van der Waals surface area contributed by atoms with E-state index in [1.165, 1.54) is 28.0 Å². The number of rotatable bonds is 7. The average Bonchev–Trinajstić information content (AvgIpc) is 3.35. The molecule has 0 aliphatic heterocycles. The predicted molar refractivity (Wildman–Crippen MR) is 110 cm³/mol. The fourth-order valence-electron chi connectivity index (χ4n) is 2.14. The summed E-state index contributed by atoms with van der Waals surface area (Å²) in [6, 6.07) is 9.17. The summed E-state index contributed by atoms with van der Waals surface area (Å²) >= 11 is 4.48. The largest absolute Gasteiger partial charge is 0.456 e. The third-order valence-electron chi connectivity index (χ3n) is 3.63.